The molecule has 256 valence electrons. The third kappa shape index (κ3) is 7.10. The van der Waals surface area contributed by atoms with Crippen LogP contribution in [0.2, 0.25) is 0 Å². The van der Waals surface area contributed by atoms with Crippen LogP contribution in [0.25, 0.3) is 0 Å². The Morgan fingerprint density at radius 2 is 1.81 bits per heavy atom. The number of hydrogen-bond donors (Lipinski definition) is 3. The normalized spacial score (nSPS) is 29.6. The average Bonchev–Trinajstić information content (AvgIpc) is 3.49. The van der Waals surface area contributed by atoms with Crippen molar-refractivity contribution in [3.05, 3.63) is 47.3 Å². The van der Waals surface area contributed by atoms with Crippen molar-refractivity contribution in [2.45, 2.75) is 114 Å². The smallest absolute Gasteiger partial charge is 0.410 e. The number of rotatable bonds is 4. The van der Waals surface area contributed by atoms with Crippen LogP contribution in [-0.4, -0.2) is 76.1 Å². The SMILES string of the molecule is N#CNC(=O)[C@@]12C[C@@H]1/C=C\CCCCC[C@H](NC(=O)OC1CCCC1)C(=O)N1C[C@H](OC(=O)N3Cc4cccc(F)c4C3)CC1C(=O)N2. The standard InChI is InChI=1S/C34H41FN6O7/c35-26-13-8-9-21-17-40(19-25(21)26)33(46)48-24-15-28-29(42)39-34(31(44)37-20-36)16-22(34)10-4-2-1-3-5-14-27(30(43)41(28)18-24)38-32(45)47-23-11-6-7-12-23/h4,8-10,13,22-24,27-28H,1-3,5-7,11-12,14-19H2,(H,37,44)(H,38,45)(H,39,42)/b10-4-/t22-,24+,27-,28?,34+/m0/s1. The highest BCUT2D eigenvalue weighted by Gasteiger charge is 2.61. The van der Waals surface area contributed by atoms with Gasteiger partial charge in [-0.2, -0.15) is 5.26 Å². The Hall–Kier alpha value is -4.67. The van der Waals surface area contributed by atoms with E-state index in [4.69, 9.17) is 14.7 Å². The molecule has 0 radical (unpaired) electrons. The van der Waals surface area contributed by atoms with E-state index in [-0.39, 0.29) is 44.5 Å². The lowest BCUT2D eigenvalue weighted by Gasteiger charge is -2.29. The lowest BCUT2D eigenvalue weighted by molar-refractivity contribution is -0.141. The second kappa shape index (κ2) is 14.2. The van der Waals surface area contributed by atoms with Gasteiger partial charge in [0.25, 0.3) is 5.91 Å². The van der Waals surface area contributed by atoms with E-state index in [2.05, 4.69) is 16.0 Å². The molecule has 0 bridgehead atoms. The predicted octanol–water partition coefficient (Wildman–Crippen LogP) is 3.28. The Balaban J connectivity index is 1.22. The van der Waals surface area contributed by atoms with E-state index in [0.29, 0.717) is 24.0 Å². The van der Waals surface area contributed by atoms with E-state index in [1.54, 1.807) is 18.3 Å². The molecular formula is C34H41FN6O7. The second-order valence-corrected chi connectivity index (χ2v) is 13.4. The summed E-state index contributed by atoms with van der Waals surface area (Å²) < 4.78 is 25.7. The number of carbonyl (C=O) groups is 5. The van der Waals surface area contributed by atoms with Gasteiger partial charge in [-0.15, -0.1) is 0 Å². The van der Waals surface area contributed by atoms with Crippen LogP contribution in [0.4, 0.5) is 14.0 Å². The Morgan fingerprint density at radius 1 is 1.02 bits per heavy atom. The van der Waals surface area contributed by atoms with Gasteiger partial charge >= 0.3 is 12.2 Å². The summed E-state index contributed by atoms with van der Waals surface area (Å²) in [6, 6.07) is 2.52. The van der Waals surface area contributed by atoms with Crippen LogP contribution in [0.3, 0.4) is 0 Å². The molecule has 5 aliphatic rings. The Morgan fingerprint density at radius 3 is 2.58 bits per heavy atom. The molecule has 1 aromatic carbocycles. The van der Waals surface area contributed by atoms with Gasteiger partial charge in [-0.3, -0.25) is 24.6 Å². The van der Waals surface area contributed by atoms with E-state index < -0.39 is 59.5 Å². The Labute approximate surface area is 278 Å². The van der Waals surface area contributed by atoms with Crippen molar-refractivity contribution in [1.29, 1.82) is 5.26 Å². The van der Waals surface area contributed by atoms with E-state index >= 15 is 0 Å². The molecule has 3 heterocycles. The maximum atomic E-state index is 14.3. The molecule has 2 saturated carbocycles. The van der Waals surface area contributed by atoms with Gasteiger partial charge < -0.3 is 25.0 Å². The van der Waals surface area contributed by atoms with Gasteiger partial charge in [-0.25, -0.2) is 14.0 Å². The minimum Gasteiger partial charge on any atom is -0.446 e. The molecule has 14 heteroatoms. The fraction of sp³-hybridized carbons (Fsp3) is 0.588. The molecule has 0 aromatic heterocycles. The summed E-state index contributed by atoms with van der Waals surface area (Å²) in [6.07, 6.45) is 9.89. The number of nitrogens with one attached hydrogen (secondary N) is 3. The van der Waals surface area contributed by atoms with Gasteiger partial charge in [-0.1, -0.05) is 37.1 Å². The number of nitriles is 1. The minimum atomic E-state index is -1.36. The summed E-state index contributed by atoms with van der Waals surface area (Å²) in [7, 11) is 0. The molecule has 1 aromatic rings. The first-order valence-electron chi connectivity index (χ1n) is 16.9. The number of allylic oxidation sites excluding steroid dienone is 1. The van der Waals surface area contributed by atoms with Gasteiger partial charge in [0.1, 0.15) is 35.6 Å². The number of carbonyl (C=O) groups excluding carboxylic acids is 5. The molecule has 5 amide bonds. The van der Waals surface area contributed by atoms with E-state index in [9.17, 15) is 28.4 Å². The molecule has 6 rings (SSSR count). The fourth-order valence-corrected chi connectivity index (χ4v) is 7.39. The maximum absolute atomic E-state index is 14.3. The van der Waals surface area contributed by atoms with Crippen LogP contribution in [-0.2, 0) is 36.9 Å². The molecule has 5 atom stereocenters. The number of amides is 5. The predicted molar refractivity (Wildman–Crippen MR) is 167 cm³/mol. The van der Waals surface area contributed by atoms with Gasteiger partial charge in [0, 0.05) is 24.4 Å². The van der Waals surface area contributed by atoms with Crippen LogP contribution in [0.1, 0.15) is 81.8 Å². The number of hydrogen-bond acceptors (Lipinski definition) is 8. The first kappa shape index (κ1) is 33.2. The molecule has 3 N–H and O–H groups in total. The summed E-state index contributed by atoms with van der Waals surface area (Å²) in [5, 5.41) is 16.8. The summed E-state index contributed by atoms with van der Waals surface area (Å²) in [6.45, 7) is 0.0563. The van der Waals surface area contributed by atoms with Crippen molar-refractivity contribution in [2.24, 2.45) is 5.92 Å². The van der Waals surface area contributed by atoms with Crippen molar-refractivity contribution in [3.8, 4) is 6.19 Å². The molecule has 1 unspecified atom stereocenters. The highest BCUT2D eigenvalue weighted by atomic mass is 19.1. The van der Waals surface area contributed by atoms with Crippen molar-refractivity contribution >= 4 is 29.9 Å². The summed E-state index contributed by atoms with van der Waals surface area (Å²) in [5.74, 6) is -2.56. The number of ether oxygens (including phenoxy) is 2. The van der Waals surface area contributed by atoms with Gasteiger partial charge in [0.05, 0.1) is 13.1 Å². The van der Waals surface area contributed by atoms with Crippen molar-refractivity contribution in [1.82, 2.24) is 25.8 Å². The van der Waals surface area contributed by atoms with Crippen LogP contribution < -0.4 is 16.0 Å². The van der Waals surface area contributed by atoms with Crippen molar-refractivity contribution in [3.63, 3.8) is 0 Å². The number of halogens is 1. The number of alkyl carbamates (subject to hydrolysis) is 1. The Bertz CT molecular complexity index is 1520. The highest BCUT2D eigenvalue weighted by Crippen LogP contribution is 2.45. The monoisotopic (exact) mass is 664 g/mol. The lowest BCUT2D eigenvalue weighted by Crippen LogP contribution is -2.57. The first-order chi connectivity index (χ1) is 23.2. The lowest BCUT2D eigenvalue weighted by atomic mass is 10.0. The minimum absolute atomic E-state index is 0.0284. The third-order valence-corrected chi connectivity index (χ3v) is 10.1. The van der Waals surface area contributed by atoms with E-state index in [0.717, 1.165) is 44.9 Å². The molecule has 1 saturated heterocycles. The van der Waals surface area contributed by atoms with Gasteiger partial charge in [0.15, 0.2) is 6.19 Å². The van der Waals surface area contributed by atoms with Crippen LogP contribution in [0, 0.1) is 23.2 Å². The number of nitrogens with zero attached hydrogens (tertiary/aromatic N) is 3. The zero-order chi connectivity index (χ0) is 33.8. The molecular weight excluding hydrogens is 623 g/mol. The Kier molecular flexibility index (Phi) is 9.84. The molecule has 13 nitrogen and oxygen atoms in total. The second-order valence-electron chi connectivity index (χ2n) is 13.4. The molecule has 3 aliphatic heterocycles. The molecule has 3 fully saturated rings. The maximum Gasteiger partial charge on any atom is 0.410 e. The van der Waals surface area contributed by atoms with Crippen LogP contribution in [0.15, 0.2) is 30.4 Å². The molecule has 0 spiro atoms. The zero-order valence-corrected chi connectivity index (χ0v) is 26.8. The van der Waals surface area contributed by atoms with Crippen LogP contribution >= 0.6 is 0 Å². The van der Waals surface area contributed by atoms with Crippen LogP contribution in [0.5, 0.6) is 0 Å². The quantitative estimate of drug-likeness (QED) is 0.250. The largest absolute Gasteiger partial charge is 0.446 e. The topological polar surface area (TPSA) is 170 Å². The van der Waals surface area contributed by atoms with Crippen molar-refractivity contribution in [2.75, 3.05) is 6.54 Å². The van der Waals surface area contributed by atoms with E-state index in [1.165, 1.54) is 15.9 Å². The van der Waals surface area contributed by atoms with Crippen molar-refractivity contribution < 1.29 is 37.8 Å². The molecule has 48 heavy (non-hydrogen) atoms. The summed E-state index contributed by atoms with van der Waals surface area (Å²) >= 11 is 0. The highest BCUT2D eigenvalue weighted by molar-refractivity contribution is 5.99. The first-order valence-corrected chi connectivity index (χ1v) is 16.9. The summed E-state index contributed by atoms with van der Waals surface area (Å²) in [4.78, 5) is 70.0. The van der Waals surface area contributed by atoms with E-state index in [1.807, 2.05) is 12.2 Å². The van der Waals surface area contributed by atoms with Gasteiger partial charge in [-0.05, 0) is 63.0 Å². The average molecular weight is 665 g/mol. The zero-order valence-electron chi connectivity index (χ0n) is 26.8. The molecule has 2 aliphatic carbocycles. The number of fused-ring (bicyclic) bond motifs is 3. The number of benzene rings is 1. The summed E-state index contributed by atoms with van der Waals surface area (Å²) in [5.41, 5.74) is -0.273. The third-order valence-electron chi connectivity index (χ3n) is 10.1. The fourth-order valence-electron chi connectivity index (χ4n) is 7.39. The van der Waals surface area contributed by atoms with Gasteiger partial charge in [0.2, 0.25) is 11.8 Å².